The van der Waals surface area contributed by atoms with E-state index in [1.807, 2.05) is 6.07 Å². The van der Waals surface area contributed by atoms with Gasteiger partial charge in [0.25, 0.3) is 0 Å². The van der Waals surface area contributed by atoms with Crippen LogP contribution < -0.4 is 9.64 Å². The zero-order valence-electron chi connectivity index (χ0n) is 10.0. The lowest BCUT2D eigenvalue weighted by Gasteiger charge is -2.19. The maximum Gasteiger partial charge on any atom is 0.226 e. The fraction of sp³-hybridized carbons (Fsp3) is 0.385. The summed E-state index contributed by atoms with van der Waals surface area (Å²) < 4.78 is 5.17. The minimum atomic E-state index is 0.0887. The maximum absolute atomic E-state index is 11.7. The number of carbonyl (C=O) groups excluding carboxylic acids is 2. The Morgan fingerprint density at radius 3 is 2.76 bits per heavy atom. The first kappa shape index (κ1) is 11.6. The van der Waals surface area contributed by atoms with E-state index in [9.17, 15) is 9.59 Å². The Kier molecular flexibility index (Phi) is 3.13. The van der Waals surface area contributed by atoms with E-state index in [0.29, 0.717) is 17.7 Å². The number of rotatable bonds is 2. The van der Waals surface area contributed by atoms with Crippen molar-refractivity contribution >= 4 is 17.9 Å². The van der Waals surface area contributed by atoms with Crippen molar-refractivity contribution in [3.05, 3.63) is 23.3 Å². The lowest BCUT2D eigenvalue weighted by molar-refractivity contribution is -0.118. The van der Waals surface area contributed by atoms with Crippen LogP contribution in [0.4, 0.5) is 5.69 Å². The molecule has 1 amide bonds. The molecule has 0 saturated carbocycles. The lowest BCUT2D eigenvalue weighted by atomic mass is 10.0. The van der Waals surface area contributed by atoms with Gasteiger partial charge in [-0.15, -0.1) is 0 Å². The van der Waals surface area contributed by atoms with Gasteiger partial charge in [0.05, 0.1) is 12.7 Å². The molecule has 0 aromatic heterocycles. The van der Waals surface area contributed by atoms with Gasteiger partial charge < -0.3 is 9.64 Å². The van der Waals surface area contributed by atoms with Crippen LogP contribution in [0, 0.1) is 0 Å². The Hall–Kier alpha value is -1.84. The third-order valence-electron chi connectivity index (χ3n) is 3.13. The summed E-state index contributed by atoms with van der Waals surface area (Å²) in [5.74, 6) is 0.660. The van der Waals surface area contributed by atoms with Crippen LogP contribution in [0.2, 0.25) is 0 Å². The SMILES string of the molecule is COc1cc2c(cc1C=O)N(C)C(=O)CCC2. The number of aldehydes is 1. The molecule has 90 valence electrons. The number of amides is 1. The summed E-state index contributed by atoms with van der Waals surface area (Å²) in [5, 5.41) is 0. The maximum atomic E-state index is 11.7. The standard InChI is InChI=1S/C13H15NO3/c1-14-11-6-10(8-15)12(17-2)7-9(11)4-3-5-13(14)16/h6-8H,3-5H2,1-2H3. The number of fused-ring (bicyclic) bond motifs is 1. The largest absolute Gasteiger partial charge is 0.496 e. The lowest BCUT2D eigenvalue weighted by Crippen LogP contribution is -2.25. The summed E-state index contributed by atoms with van der Waals surface area (Å²) in [5.41, 5.74) is 2.35. The monoisotopic (exact) mass is 233 g/mol. The third kappa shape index (κ3) is 2.02. The molecule has 4 nitrogen and oxygen atoms in total. The van der Waals surface area contributed by atoms with E-state index in [-0.39, 0.29) is 5.91 Å². The molecular weight excluding hydrogens is 218 g/mol. The highest BCUT2D eigenvalue weighted by Crippen LogP contribution is 2.31. The Bertz CT molecular complexity index is 468. The molecule has 1 heterocycles. The molecule has 1 aliphatic heterocycles. The van der Waals surface area contributed by atoms with Gasteiger partial charge in [0.1, 0.15) is 5.75 Å². The number of carbonyl (C=O) groups is 2. The van der Waals surface area contributed by atoms with E-state index in [0.717, 1.165) is 30.4 Å². The van der Waals surface area contributed by atoms with Gasteiger partial charge in [-0.25, -0.2) is 0 Å². The van der Waals surface area contributed by atoms with Crippen LogP contribution in [0.15, 0.2) is 12.1 Å². The molecule has 0 spiro atoms. The first-order valence-electron chi connectivity index (χ1n) is 5.60. The summed E-state index contributed by atoms with van der Waals surface area (Å²) >= 11 is 0. The molecule has 1 aliphatic rings. The van der Waals surface area contributed by atoms with Crippen molar-refractivity contribution in [2.24, 2.45) is 0 Å². The minimum Gasteiger partial charge on any atom is -0.496 e. The number of hydrogen-bond donors (Lipinski definition) is 0. The molecule has 4 heteroatoms. The fourth-order valence-electron chi connectivity index (χ4n) is 2.14. The fourth-order valence-corrected chi connectivity index (χ4v) is 2.14. The van der Waals surface area contributed by atoms with Crippen LogP contribution in [-0.2, 0) is 11.2 Å². The molecule has 0 bridgehead atoms. The Morgan fingerprint density at radius 2 is 2.12 bits per heavy atom. The van der Waals surface area contributed by atoms with Gasteiger partial charge in [0.15, 0.2) is 6.29 Å². The predicted octanol–water partition coefficient (Wildman–Crippen LogP) is 1.81. The Morgan fingerprint density at radius 1 is 1.35 bits per heavy atom. The van der Waals surface area contributed by atoms with Crippen molar-refractivity contribution in [1.29, 1.82) is 0 Å². The zero-order valence-corrected chi connectivity index (χ0v) is 10.0. The molecule has 0 radical (unpaired) electrons. The summed E-state index contributed by atoms with van der Waals surface area (Å²) in [6.45, 7) is 0. The van der Waals surface area contributed by atoms with Crippen LogP contribution in [0.3, 0.4) is 0 Å². The smallest absolute Gasteiger partial charge is 0.226 e. The number of hydrogen-bond acceptors (Lipinski definition) is 3. The summed E-state index contributed by atoms with van der Waals surface area (Å²) in [6.07, 6.45) is 2.97. The number of aryl methyl sites for hydroxylation is 1. The highest BCUT2D eigenvalue weighted by atomic mass is 16.5. The zero-order chi connectivity index (χ0) is 12.4. The van der Waals surface area contributed by atoms with Gasteiger partial charge in [-0.05, 0) is 30.5 Å². The van der Waals surface area contributed by atoms with Gasteiger partial charge in [0, 0.05) is 19.2 Å². The summed E-state index contributed by atoms with van der Waals surface area (Å²) in [6, 6.07) is 3.58. The summed E-state index contributed by atoms with van der Waals surface area (Å²) in [4.78, 5) is 24.3. The highest BCUT2D eigenvalue weighted by Gasteiger charge is 2.20. The quantitative estimate of drug-likeness (QED) is 0.732. The molecule has 1 aromatic carbocycles. The Labute approximate surface area is 100 Å². The average Bonchev–Trinajstić information content (AvgIpc) is 2.48. The van der Waals surface area contributed by atoms with Crippen LogP contribution in [0.5, 0.6) is 5.75 Å². The van der Waals surface area contributed by atoms with Crippen LogP contribution in [0.25, 0.3) is 0 Å². The van der Waals surface area contributed by atoms with Crippen LogP contribution in [0.1, 0.15) is 28.8 Å². The number of nitrogens with zero attached hydrogens (tertiary/aromatic N) is 1. The first-order chi connectivity index (χ1) is 8.17. The van der Waals surface area contributed by atoms with Gasteiger partial charge in [0.2, 0.25) is 5.91 Å². The second-order valence-electron chi connectivity index (χ2n) is 4.15. The Balaban J connectivity index is 2.56. The molecule has 1 aromatic rings. The van der Waals surface area contributed by atoms with E-state index >= 15 is 0 Å². The van der Waals surface area contributed by atoms with Crippen molar-refractivity contribution in [3.8, 4) is 5.75 Å². The molecule has 0 N–H and O–H groups in total. The highest BCUT2D eigenvalue weighted by molar-refractivity contribution is 5.96. The molecule has 0 aliphatic carbocycles. The second kappa shape index (κ2) is 4.57. The van der Waals surface area contributed by atoms with Crippen molar-refractivity contribution in [2.45, 2.75) is 19.3 Å². The second-order valence-corrected chi connectivity index (χ2v) is 4.15. The average molecular weight is 233 g/mol. The van der Waals surface area contributed by atoms with Gasteiger partial charge in [-0.2, -0.15) is 0 Å². The van der Waals surface area contributed by atoms with E-state index in [1.54, 1.807) is 25.1 Å². The predicted molar refractivity (Wildman–Crippen MR) is 64.7 cm³/mol. The molecule has 2 rings (SSSR count). The first-order valence-corrected chi connectivity index (χ1v) is 5.60. The molecule has 0 fully saturated rings. The topological polar surface area (TPSA) is 46.6 Å². The third-order valence-corrected chi connectivity index (χ3v) is 3.13. The van der Waals surface area contributed by atoms with Crippen molar-refractivity contribution in [2.75, 3.05) is 19.1 Å². The van der Waals surface area contributed by atoms with Crippen LogP contribution >= 0.6 is 0 Å². The number of anilines is 1. The van der Waals surface area contributed by atoms with Gasteiger partial charge in [-0.1, -0.05) is 0 Å². The van der Waals surface area contributed by atoms with Crippen LogP contribution in [-0.4, -0.2) is 26.4 Å². The van der Waals surface area contributed by atoms with E-state index < -0.39 is 0 Å². The normalized spacial score (nSPS) is 15.2. The molecule has 0 unspecified atom stereocenters. The van der Waals surface area contributed by atoms with Gasteiger partial charge in [-0.3, -0.25) is 9.59 Å². The minimum absolute atomic E-state index is 0.0887. The molecule has 17 heavy (non-hydrogen) atoms. The molecule has 0 saturated heterocycles. The summed E-state index contributed by atoms with van der Waals surface area (Å²) in [7, 11) is 3.29. The molecular formula is C13H15NO3. The van der Waals surface area contributed by atoms with E-state index in [1.165, 1.54) is 0 Å². The van der Waals surface area contributed by atoms with Crippen molar-refractivity contribution in [1.82, 2.24) is 0 Å². The number of benzene rings is 1. The van der Waals surface area contributed by atoms with E-state index in [4.69, 9.17) is 4.74 Å². The number of methoxy groups -OCH3 is 1. The molecule has 0 atom stereocenters. The van der Waals surface area contributed by atoms with Crippen molar-refractivity contribution in [3.63, 3.8) is 0 Å². The van der Waals surface area contributed by atoms with Gasteiger partial charge >= 0.3 is 0 Å². The number of ether oxygens (including phenoxy) is 1. The van der Waals surface area contributed by atoms with Crippen molar-refractivity contribution < 1.29 is 14.3 Å². The van der Waals surface area contributed by atoms with E-state index in [2.05, 4.69) is 0 Å².